The van der Waals surface area contributed by atoms with E-state index in [1.54, 1.807) is 0 Å². The summed E-state index contributed by atoms with van der Waals surface area (Å²) in [5.74, 6) is 0.891. The Bertz CT molecular complexity index is 495. The molecule has 140 valence electrons. The van der Waals surface area contributed by atoms with Gasteiger partial charge < -0.3 is 14.5 Å². The van der Waals surface area contributed by atoms with Crippen LogP contribution in [-0.4, -0.2) is 79.3 Å². The summed E-state index contributed by atoms with van der Waals surface area (Å²) >= 11 is 0. The van der Waals surface area contributed by atoms with Crippen molar-refractivity contribution in [2.24, 2.45) is 0 Å². The lowest BCUT2D eigenvalue weighted by Gasteiger charge is -2.28. The second kappa shape index (κ2) is 9.46. The summed E-state index contributed by atoms with van der Waals surface area (Å²) in [6, 6.07) is 0. The molecule has 2 saturated heterocycles. The number of aromatic nitrogens is 2. The van der Waals surface area contributed by atoms with Gasteiger partial charge >= 0.3 is 0 Å². The molecule has 2 aliphatic rings. The summed E-state index contributed by atoms with van der Waals surface area (Å²) in [6.45, 7) is 7.09. The molecule has 0 N–H and O–H groups in total. The van der Waals surface area contributed by atoms with E-state index in [1.165, 1.54) is 37.7 Å². The molecular formula is C19H33N5O. The quantitative estimate of drug-likeness (QED) is 0.717. The highest BCUT2D eigenvalue weighted by molar-refractivity contribution is 5.30. The molecule has 2 aliphatic heterocycles. The van der Waals surface area contributed by atoms with E-state index < -0.39 is 0 Å². The summed E-state index contributed by atoms with van der Waals surface area (Å²) in [4.78, 5) is 16.3. The molecular weight excluding hydrogens is 314 g/mol. The Balaban J connectivity index is 1.57. The lowest BCUT2D eigenvalue weighted by Crippen LogP contribution is -2.36. The molecule has 25 heavy (non-hydrogen) atoms. The van der Waals surface area contributed by atoms with Gasteiger partial charge in [-0.3, -0.25) is 4.90 Å². The maximum absolute atomic E-state index is 5.83. The smallest absolute Gasteiger partial charge is 0.225 e. The Morgan fingerprint density at radius 3 is 2.48 bits per heavy atom. The molecule has 0 saturated carbocycles. The van der Waals surface area contributed by atoms with Crippen molar-refractivity contribution >= 4 is 5.95 Å². The second-order valence-electron chi connectivity index (χ2n) is 7.61. The van der Waals surface area contributed by atoms with Crippen LogP contribution in [0.4, 0.5) is 5.95 Å². The average molecular weight is 348 g/mol. The highest BCUT2D eigenvalue weighted by Gasteiger charge is 2.20. The molecule has 0 bridgehead atoms. The number of hydrogen-bond donors (Lipinski definition) is 0. The zero-order valence-electron chi connectivity index (χ0n) is 15.9. The van der Waals surface area contributed by atoms with Crippen LogP contribution < -0.4 is 4.90 Å². The first-order valence-electron chi connectivity index (χ1n) is 9.75. The normalized spacial score (nSPS) is 21.4. The van der Waals surface area contributed by atoms with E-state index in [-0.39, 0.29) is 0 Å². The number of ether oxygens (including phenoxy) is 1. The van der Waals surface area contributed by atoms with Crippen LogP contribution in [0.5, 0.6) is 0 Å². The van der Waals surface area contributed by atoms with E-state index in [0.717, 1.165) is 51.8 Å². The van der Waals surface area contributed by atoms with Crippen LogP contribution in [0.25, 0.3) is 0 Å². The summed E-state index contributed by atoms with van der Waals surface area (Å²) in [5.41, 5.74) is 1.19. The molecule has 0 unspecified atom stereocenters. The van der Waals surface area contributed by atoms with Gasteiger partial charge in [0.25, 0.3) is 0 Å². The van der Waals surface area contributed by atoms with Crippen LogP contribution in [0.2, 0.25) is 0 Å². The number of anilines is 1. The lowest BCUT2D eigenvalue weighted by atomic mass is 10.1. The molecule has 6 nitrogen and oxygen atoms in total. The fraction of sp³-hybridized carbons (Fsp3) is 0.789. The van der Waals surface area contributed by atoms with Crippen LogP contribution in [-0.2, 0) is 11.3 Å². The van der Waals surface area contributed by atoms with E-state index in [4.69, 9.17) is 4.74 Å². The standard InChI is InChI=1S/C19H33N5O/c1-22(2)10-11-23(16-18-7-6-12-25-18)15-17-13-20-19(21-14-17)24-8-4-3-5-9-24/h13-14,18H,3-12,15-16H2,1-2H3/t18-/m0/s1. The van der Waals surface area contributed by atoms with Crippen molar-refractivity contribution < 1.29 is 4.74 Å². The second-order valence-corrected chi connectivity index (χ2v) is 7.61. The van der Waals surface area contributed by atoms with E-state index in [0.29, 0.717) is 6.10 Å². The molecule has 3 heterocycles. The van der Waals surface area contributed by atoms with Crippen molar-refractivity contribution in [3.05, 3.63) is 18.0 Å². The number of likely N-dealkylation sites (N-methyl/N-ethyl adjacent to an activating group) is 1. The van der Waals surface area contributed by atoms with Crippen LogP contribution in [0.1, 0.15) is 37.7 Å². The third-order valence-corrected chi connectivity index (χ3v) is 5.09. The zero-order chi connectivity index (χ0) is 17.5. The Hall–Kier alpha value is -1.24. The Labute approximate surface area is 152 Å². The molecule has 2 fully saturated rings. The van der Waals surface area contributed by atoms with Gasteiger partial charge in [0.2, 0.25) is 5.95 Å². The predicted octanol–water partition coefficient (Wildman–Crippen LogP) is 2.01. The Kier molecular flexibility index (Phi) is 7.02. The molecule has 1 aromatic rings. The van der Waals surface area contributed by atoms with Crippen molar-refractivity contribution in [1.29, 1.82) is 0 Å². The van der Waals surface area contributed by atoms with Crippen molar-refractivity contribution in [1.82, 2.24) is 19.8 Å². The minimum absolute atomic E-state index is 0.385. The van der Waals surface area contributed by atoms with Gasteiger partial charge in [0.05, 0.1) is 6.10 Å². The van der Waals surface area contributed by atoms with Crippen molar-refractivity contribution in [2.45, 2.75) is 44.8 Å². The van der Waals surface area contributed by atoms with E-state index in [1.807, 2.05) is 12.4 Å². The maximum atomic E-state index is 5.83. The number of rotatable bonds is 8. The highest BCUT2D eigenvalue weighted by atomic mass is 16.5. The Morgan fingerprint density at radius 2 is 1.84 bits per heavy atom. The molecule has 0 radical (unpaired) electrons. The first-order valence-corrected chi connectivity index (χ1v) is 9.75. The predicted molar refractivity (Wildman–Crippen MR) is 101 cm³/mol. The third-order valence-electron chi connectivity index (χ3n) is 5.09. The third kappa shape index (κ3) is 5.90. The SMILES string of the molecule is CN(C)CCN(Cc1cnc(N2CCCCC2)nc1)C[C@@H]1CCCO1. The van der Waals surface area contributed by atoms with Gasteiger partial charge in [-0.2, -0.15) is 0 Å². The van der Waals surface area contributed by atoms with Crippen LogP contribution in [0.15, 0.2) is 12.4 Å². The number of piperidine rings is 1. The van der Waals surface area contributed by atoms with Crippen LogP contribution >= 0.6 is 0 Å². The van der Waals surface area contributed by atoms with Crippen molar-refractivity contribution in [3.8, 4) is 0 Å². The molecule has 1 aromatic heterocycles. The molecule has 0 aromatic carbocycles. The lowest BCUT2D eigenvalue weighted by molar-refractivity contribution is 0.0682. The highest BCUT2D eigenvalue weighted by Crippen LogP contribution is 2.17. The first kappa shape index (κ1) is 18.5. The molecule has 0 spiro atoms. The topological polar surface area (TPSA) is 44.7 Å². The molecule has 3 rings (SSSR count). The monoisotopic (exact) mass is 347 g/mol. The number of hydrogen-bond acceptors (Lipinski definition) is 6. The molecule has 1 atom stereocenters. The summed E-state index contributed by atoms with van der Waals surface area (Å²) < 4.78 is 5.83. The fourth-order valence-electron chi connectivity index (χ4n) is 3.60. The van der Waals surface area contributed by atoms with Gasteiger partial charge in [-0.15, -0.1) is 0 Å². The molecule has 0 amide bonds. The molecule has 0 aliphatic carbocycles. The maximum Gasteiger partial charge on any atom is 0.225 e. The minimum Gasteiger partial charge on any atom is -0.377 e. The van der Waals surface area contributed by atoms with Gasteiger partial charge in [-0.1, -0.05) is 0 Å². The van der Waals surface area contributed by atoms with Gasteiger partial charge in [0, 0.05) is 63.8 Å². The van der Waals surface area contributed by atoms with E-state index >= 15 is 0 Å². The zero-order valence-corrected chi connectivity index (χ0v) is 15.9. The van der Waals surface area contributed by atoms with Gasteiger partial charge in [0.15, 0.2) is 0 Å². The average Bonchev–Trinajstić information content (AvgIpc) is 3.14. The Morgan fingerprint density at radius 1 is 1.08 bits per heavy atom. The van der Waals surface area contributed by atoms with Gasteiger partial charge in [0.1, 0.15) is 0 Å². The largest absolute Gasteiger partial charge is 0.377 e. The summed E-state index contributed by atoms with van der Waals surface area (Å²) in [6.07, 6.45) is 10.6. The van der Waals surface area contributed by atoms with Gasteiger partial charge in [-0.25, -0.2) is 9.97 Å². The van der Waals surface area contributed by atoms with Crippen molar-refractivity contribution in [3.63, 3.8) is 0 Å². The van der Waals surface area contributed by atoms with Crippen LogP contribution in [0, 0.1) is 0 Å². The van der Waals surface area contributed by atoms with E-state index in [9.17, 15) is 0 Å². The summed E-state index contributed by atoms with van der Waals surface area (Å²) in [7, 11) is 4.25. The van der Waals surface area contributed by atoms with Gasteiger partial charge in [-0.05, 0) is 46.2 Å². The molecule has 6 heteroatoms. The number of nitrogens with zero attached hydrogens (tertiary/aromatic N) is 5. The van der Waals surface area contributed by atoms with E-state index in [2.05, 4.69) is 38.8 Å². The van der Waals surface area contributed by atoms with Crippen LogP contribution in [0.3, 0.4) is 0 Å². The van der Waals surface area contributed by atoms with Crippen molar-refractivity contribution in [2.75, 3.05) is 58.3 Å². The fourth-order valence-corrected chi connectivity index (χ4v) is 3.60. The minimum atomic E-state index is 0.385. The summed E-state index contributed by atoms with van der Waals surface area (Å²) in [5, 5.41) is 0. The first-order chi connectivity index (χ1) is 12.2.